The van der Waals surface area contributed by atoms with Gasteiger partial charge >= 0.3 is 6.01 Å². The lowest BCUT2D eigenvalue weighted by atomic mass is 10.7. The van der Waals surface area contributed by atoms with Crippen LogP contribution in [0, 0.1) is 0 Å². The Kier molecular flexibility index (Phi) is 3.84. The molecule has 0 unspecified atom stereocenters. The zero-order valence-electron chi connectivity index (χ0n) is 9.08. The van der Waals surface area contributed by atoms with Crippen LogP contribution in [0.5, 0.6) is 6.01 Å². The number of methoxy groups -OCH3 is 1. The van der Waals surface area contributed by atoms with Gasteiger partial charge in [-0.3, -0.25) is 0 Å². The van der Waals surface area contributed by atoms with Crippen molar-refractivity contribution in [1.82, 2.24) is 24.7 Å². The zero-order chi connectivity index (χ0) is 12.1. The largest absolute Gasteiger partial charge is 0.461 e. The second-order valence-electron chi connectivity index (χ2n) is 2.98. The fourth-order valence-corrected chi connectivity index (χ4v) is 1.24. The number of hydrogen-bond donors (Lipinski definition) is 0. The van der Waals surface area contributed by atoms with Gasteiger partial charge < -0.3 is 9.47 Å². The third kappa shape index (κ3) is 3.11. The maximum Gasteiger partial charge on any atom is 0.322 e. The van der Waals surface area contributed by atoms with Crippen molar-refractivity contribution in [1.29, 1.82) is 0 Å². The molecule has 0 aromatic carbocycles. The third-order valence-corrected chi connectivity index (χ3v) is 1.97. The standard InChI is InChI=1S/C9H10ClN5O2/c1-16-5-6-17-9-13-7(10)12-8(14-9)15-4-2-3-11-15/h2-4H,5-6H2,1H3. The summed E-state index contributed by atoms with van der Waals surface area (Å²) >= 11 is 5.77. The Hall–Kier alpha value is -1.73. The molecule has 0 aliphatic rings. The average molecular weight is 256 g/mol. The molecule has 8 heteroatoms. The molecule has 2 aromatic heterocycles. The fraction of sp³-hybridized carbons (Fsp3) is 0.333. The summed E-state index contributed by atoms with van der Waals surface area (Å²) in [5, 5.41) is 4.04. The Morgan fingerprint density at radius 3 is 2.88 bits per heavy atom. The minimum atomic E-state index is 0.0536. The molecule has 2 heterocycles. The Bertz CT molecular complexity index is 476. The van der Waals surface area contributed by atoms with Crippen LogP contribution in [0.15, 0.2) is 18.5 Å². The minimum absolute atomic E-state index is 0.0536. The Labute approximate surface area is 102 Å². The van der Waals surface area contributed by atoms with Crippen molar-refractivity contribution < 1.29 is 9.47 Å². The van der Waals surface area contributed by atoms with Gasteiger partial charge in [0.25, 0.3) is 5.95 Å². The fourth-order valence-electron chi connectivity index (χ4n) is 1.09. The van der Waals surface area contributed by atoms with Crippen molar-refractivity contribution in [3.8, 4) is 12.0 Å². The first-order valence-corrected chi connectivity index (χ1v) is 5.20. The van der Waals surface area contributed by atoms with Crippen LogP contribution in [-0.2, 0) is 4.74 Å². The molecular formula is C9H10ClN5O2. The predicted molar refractivity (Wildman–Crippen MR) is 59.3 cm³/mol. The maximum absolute atomic E-state index is 5.77. The molecule has 90 valence electrons. The van der Waals surface area contributed by atoms with Crippen LogP contribution < -0.4 is 4.74 Å². The number of ether oxygens (including phenoxy) is 2. The van der Waals surface area contributed by atoms with Gasteiger partial charge in [-0.25, -0.2) is 4.68 Å². The highest BCUT2D eigenvalue weighted by molar-refractivity contribution is 6.28. The normalized spacial score (nSPS) is 10.5. The maximum atomic E-state index is 5.77. The molecule has 0 saturated carbocycles. The van der Waals surface area contributed by atoms with Gasteiger partial charge in [0.05, 0.1) is 6.61 Å². The van der Waals surface area contributed by atoms with Gasteiger partial charge in [-0.05, 0) is 17.7 Å². The summed E-state index contributed by atoms with van der Waals surface area (Å²) in [4.78, 5) is 11.8. The first-order valence-electron chi connectivity index (χ1n) is 4.83. The number of hydrogen-bond acceptors (Lipinski definition) is 6. The predicted octanol–water partition coefficient (Wildman–Crippen LogP) is 0.736. The summed E-state index contributed by atoms with van der Waals surface area (Å²) in [7, 11) is 1.58. The van der Waals surface area contributed by atoms with Crippen LogP contribution in [-0.4, -0.2) is 45.1 Å². The molecule has 0 radical (unpaired) electrons. The zero-order valence-corrected chi connectivity index (χ0v) is 9.83. The van der Waals surface area contributed by atoms with Gasteiger partial charge in [0.15, 0.2) is 0 Å². The monoisotopic (exact) mass is 255 g/mol. The van der Waals surface area contributed by atoms with E-state index in [2.05, 4.69) is 20.1 Å². The molecule has 0 fully saturated rings. The van der Waals surface area contributed by atoms with Gasteiger partial charge in [0, 0.05) is 19.5 Å². The molecular weight excluding hydrogens is 246 g/mol. The highest BCUT2D eigenvalue weighted by Crippen LogP contribution is 2.10. The SMILES string of the molecule is COCCOc1nc(Cl)nc(-n2cccn2)n1. The van der Waals surface area contributed by atoms with Crippen LogP contribution in [0.25, 0.3) is 5.95 Å². The van der Waals surface area contributed by atoms with E-state index in [0.29, 0.717) is 19.2 Å². The number of halogens is 1. The van der Waals surface area contributed by atoms with Crippen LogP contribution >= 0.6 is 11.6 Å². The van der Waals surface area contributed by atoms with E-state index in [-0.39, 0.29) is 11.3 Å². The lowest BCUT2D eigenvalue weighted by molar-refractivity contribution is 0.140. The summed E-state index contributed by atoms with van der Waals surface area (Å²) in [5.41, 5.74) is 0. The molecule has 0 aliphatic heterocycles. The minimum Gasteiger partial charge on any atom is -0.461 e. The van der Waals surface area contributed by atoms with Gasteiger partial charge in [0.2, 0.25) is 5.28 Å². The van der Waals surface area contributed by atoms with Crippen LogP contribution in [0.3, 0.4) is 0 Å². The lowest BCUT2D eigenvalue weighted by Gasteiger charge is -2.05. The van der Waals surface area contributed by atoms with Crippen molar-refractivity contribution in [3.63, 3.8) is 0 Å². The summed E-state index contributed by atoms with van der Waals surface area (Å²) in [5.74, 6) is 0.308. The van der Waals surface area contributed by atoms with E-state index in [0.717, 1.165) is 0 Å². The van der Waals surface area contributed by atoms with E-state index in [4.69, 9.17) is 21.1 Å². The van der Waals surface area contributed by atoms with E-state index < -0.39 is 0 Å². The molecule has 2 rings (SSSR count). The van der Waals surface area contributed by atoms with E-state index in [1.807, 2.05) is 0 Å². The molecule has 2 aromatic rings. The second kappa shape index (κ2) is 5.55. The van der Waals surface area contributed by atoms with Gasteiger partial charge in [-0.15, -0.1) is 0 Å². The molecule has 0 saturated heterocycles. The first kappa shape index (κ1) is 11.7. The van der Waals surface area contributed by atoms with Crippen LogP contribution in [0.1, 0.15) is 0 Å². The van der Waals surface area contributed by atoms with E-state index >= 15 is 0 Å². The molecule has 7 nitrogen and oxygen atoms in total. The van der Waals surface area contributed by atoms with E-state index in [1.165, 1.54) is 4.68 Å². The first-order chi connectivity index (χ1) is 8.29. The topological polar surface area (TPSA) is 75.0 Å². The summed E-state index contributed by atoms with van der Waals surface area (Å²) in [6.45, 7) is 0.787. The van der Waals surface area contributed by atoms with Crippen LogP contribution in [0.2, 0.25) is 5.28 Å². The molecule has 0 bridgehead atoms. The highest BCUT2D eigenvalue weighted by atomic mass is 35.5. The molecule has 0 aliphatic carbocycles. The Morgan fingerprint density at radius 1 is 1.29 bits per heavy atom. The average Bonchev–Trinajstić information content (AvgIpc) is 2.82. The molecule has 17 heavy (non-hydrogen) atoms. The lowest BCUT2D eigenvalue weighted by Crippen LogP contribution is -2.10. The molecule has 0 spiro atoms. The van der Waals surface area contributed by atoms with Crippen molar-refractivity contribution >= 4 is 11.6 Å². The van der Waals surface area contributed by atoms with Crippen molar-refractivity contribution in [2.24, 2.45) is 0 Å². The summed E-state index contributed by atoms with van der Waals surface area (Å²) in [6.07, 6.45) is 3.31. The quantitative estimate of drug-likeness (QED) is 0.734. The Balaban J connectivity index is 2.18. The number of nitrogens with zero attached hydrogens (tertiary/aromatic N) is 5. The van der Waals surface area contributed by atoms with Crippen molar-refractivity contribution in [3.05, 3.63) is 23.7 Å². The van der Waals surface area contributed by atoms with Crippen molar-refractivity contribution in [2.75, 3.05) is 20.3 Å². The Morgan fingerprint density at radius 2 is 2.18 bits per heavy atom. The van der Waals surface area contributed by atoms with E-state index in [1.54, 1.807) is 25.6 Å². The third-order valence-electron chi connectivity index (χ3n) is 1.80. The molecule has 0 N–H and O–H groups in total. The summed E-state index contributed by atoms with van der Waals surface area (Å²) < 4.78 is 11.6. The number of aromatic nitrogens is 5. The van der Waals surface area contributed by atoms with Crippen LogP contribution in [0.4, 0.5) is 0 Å². The smallest absolute Gasteiger partial charge is 0.322 e. The highest BCUT2D eigenvalue weighted by Gasteiger charge is 2.07. The number of rotatable bonds is 5. The van der Waals surface area contributed by atoms with Gasteiger partial charge in [0.1, 0.15) is 6.61 Å². The summed E-state index contributed by atoms with van der Waals surface area (Å²) in [6, 6.07) is 1.90. The molecule has 0 amide bonds. The second-order valence-corrected chi connectivity index (χ2v) is 3.32. The van der Waals surface area contributed by atoms with E-state index in [9.17, 15) is 0 Å². The molecule has 0 atom stereocenters. The van der Waals surface area contributed by atoms with Crippen molar-refractivity contribution in [2.45, 2.75) is 0 Å². The van der Waals surface area contributed by atoms with Gasteiger partial charge in [-0.2, -0.15) is 20.1 Å². The van der Waals surface area contributed by atoms with Gasteiger partial charge in [-0.1, -0.05) is 0 Å².